The Morgan fingerprint density at radius 2 is 1.81 bits per heavy atom. The van der Waals surface area contributed by atoms with Crippen LogP contribution in [-0.4, -0.2) is 42.3 Å². The van der Waals surface area contributed by atoms with Crippen molar-refractivity contribution in [2.75, 3.05) is 29.6 Å². The van der Waals surface area contributed by atoms with Crippen LogP contribution in [0.2, 0.25) is 0 Å². The fourth-order valence-electron chi connectivity index (χ4n) is 4.12. The summed E-state index contributed by atoms with van der Waals surface area (Å²) in [5, 5.41) is 8.86. The van der Waals surface area contributed by atoms with Gasteiger partial charge in [-0.25, -0.2) is 9.18 Å². The minimum absolute atomic E-state index is 0.0598. The molecule has 0 N–H and O–H groups in total. The summed E-state index contributed by atoms with van der Waals surface area (Å²) in [6, 6.07) is 7.88. The molecule has 2 aromatic carbocycles. The normalized spacial score (nSPS) is 18.4. The summed E-state index contributed by atoms with van der Waals surface area (Å²) in [7, 11) is 0. The molecular weight excluding hydrogens is 514 g/mol. The van der Waals surface area contributed by atoms with Crippen LogP contribution in [0.15, 0.2) is 36.4 Å². The largest absolute Gasteiger partial charge is 0.461 e. The molecule has 2 heterocycles. The number of ether oxygens (including phenoxy) is 2. The van der Waals surface area contributed by atoms with Gasteiger partial charge in [0.25, 0.3) is 5.91 Å². The van der Waals surface area contributed by atoms with E-state index in [4.69, 9.17) is 27.0 Å². The number of carbonyl (C=O) groups excluding carboxylic acids is 2. The Morgan fingerprint density at radius 1 is 1.16 bits per heavy atom. The average molecular weight is 536 g/mol. The number of halogens is 4. The van der Waals surface area contributed by atoms with Gasteiger partial charge in [0.2, 0.25) is 0 Å². The summed E-state index contributed by atoms with van der Waals surface area (Å²) in [6.45, 7) is 5.75. The highest BCUT2D eigenvalue weighted by Gasteiger charge is 2.51. The number of anilines is 2. The van der Waals surface area contributed by atoms with Crippen LogP contribution in [0.5, 0.6) is 0 Å². The van der Waals surface area contributed by atoms with Crippen molar-refractivity contribution in [2.45, 2.75) is 32.5 Å². The van der Waals surface area contributed by atoms with Crippen LogP contribution in [0.4, 0.5) is 28.9 Å². The molecule has 12 heteroatoms. The molecule has 2 aliphatic heterocycles. The Labute approximate surface area is 215 Å². The van der Waals surface area contributed by atoms with E-state index in [1.807, 2.05) is 6.92 Å². The molecule has 1 amide bonds. The van der Waals surface area contributed by atoms with Gasteiger partial charge in [-0.15, -0.1) is 0 Å². The summed E-state index contributed by atoms with van der Waals surface area (Å²) in [5.41, 5.74) is -3.94. The van der Waals surface area contributed by atoms with Crippen molar-refractivity contribution in [1.29, 1.82) is 5.26 Å². The molecule has 194 valence electrons. The van der Waals surface area contributed by atoms with Gasteiger partial charge in [-0.3, -0.25) is 9.69 Å². The maximum Gasteiger partial charge on any atom is 0.417 e. The highest BCUT2D eigenvalue weighted by molar-refractivity contribution is 7.81. The lowest BCUT2D eigenvalue weighted by Crippen LogP contribution is -2.44. The van der Waals surface area contributed by atoms with E-state index in [9.17, 15) is 27.2 Å². The number of rotatable bonds is 5. The topological polar surface area (TPSA) is 82.9 Å². The minimum Gasteiger partial charge on any atom is -0.461 e. The molecule has 2 saturated heterocycles. The Kier molecular flexibility index (Phi) is 6.50. The monoisotopic (exact) mass is 535 g/mol. The molecule has 0 radical (unpaired) electrons. The molecule has 0 spiro atoms. The Balaban J connectivity index is 1.64. The standard InChI is InChI=1S/C25H21F4N3O4S/c1-23(2)21(34)31(15-5-4-14(10-30)18(8-15)25(27,28)29)22(37)32(23)16-6-7-17(19(26)9-16)20(33)36-13-24(3)11-35-12-24/h4-9H,11-13H2,1-3H3. The van der Waals surface area contributed by atoms with Gasteiger partial charge in [0.05, 0.1) is 41.7 Å². The summed E-state index contributed by atoms with van der Waals surface area (Å²) < 4.78 is 65.8. The number of carbonyl (C=O) groups is 2. The first-order valence-electron chi connectivity index (χ1n) is 11.0. The number of nitriles is 1. The molecule has 2 aliphatic rings. The second kappa shape index (κ2) is 9.08. The van der Waals surface area contributed by atoms with Crippen molar-refractivity contribution in [1.82, 2.24) is 0 Å². The van der Waals surface area contributed by atoms with Crippen LogP contribution in [0, 0.1) is 22.6 Å². The lowest BCUT2D eigenvalue weighted by molar-refractivity contribution is -0.137. The molecule has 0 saturated carbocycles. The van der Waals surface area contributed by atoms with Gasteiger partial charge in [0.1, 0.15) is 18.0 Å². The minimum atomic E-state index is -4.84. The molecule has 7 nitrogen and oxygen atoms in total. The zero-order valence-electron chi connectivity index (χ0n) is 20.0. The first-order valence-corrected chi connectivity index (χ1v) is 11.4. The van der Waals surface area contributed by atoms with E-state index in [1.165, 1.54) is 43.0 Å². The van der Waals surface area contributed by atoms with Gasteiger partial charge < -0.3 is 14.4 Å². The highest BCUT2D eigenvalue weighted by atomic mass is 32.1. The van der Waals surface area contributed by atoms with Gasteiger partial charge >= 0.3 is 12.1 Å². The predicted molar refractivity (Wildman–Crippen MR) is 128 cm³/mol. The van der Waals surface area contributed by atoms with Crippen molar-refractivity contribution in [2.24, 2.45) is 5.41 Å². The summed E-state index contributed by atoms with van der Waals surface area (Å²) in [5.74, 6) is -2.44. The number of esters is 1. The lowest BCUT2D eigenvalue weighted by atomic mass is 9.90. The molecule has 0 unspecified atom stereocenters. The van der Waals surface area contributed by atoms with E-state index in [2.05, 4.69) is 0 Å². The number of alkyl halides is 3. The maximum atomic E-state index is 15.0. The SMILES string of the molecule is CC1(COC(=O)c2ccc(N3C(=S)N(c4ccc(C#N)c(C(F)(F)F)c4)C(=O)C3(C)C)cc2F)COC1. The molecule has 37 heavy (non-hydrogen) atoms. The predicted octanol–water partition coefficient (Wildman–Crippen LogP) is 4.83. The fourth-order valence-corrected chi connectivity index (χ4v) is 4.64. The smallest absolute Gasteiger partial charge is 0.417 e. The van der Waals surface area contributed by atoms with Crippen LogP contribution in [-0.2, 0) is 20.4 Å². The molecular formula is C25H21F4N3O4S. The number of benzene rings is 2. The Bertz CT molecular complexity index is 1350. The van der Waals surface area contributed by atoms with E-state index in [1.54, 1.807) is 0 Å². The third kappa shape index (κ3) is 4.65. The van der Waals surface area contributed by atoms with Gasteiger partial charge in [-0.2, -0.15) is 18.4 Å². The number of amides is 1. The first-order chi connectivity index (χ1) is 17.2. The zero-order chi connectivity index (χ0) is 27.3. The second-order valence-electron chi connectivity index (χ2n) is 9.70. The summed E-state index contributed by atoms with van der Waals surface area (Å²) in [6.07, 6.45) is -4.84. The number of hydrogen-bond acceptors (Lipinski definition) is 6. The number of nitrogens with zero attached hydrogens (tertiary/aromatic N) is 3. The van der Waals surface area contributed by atoms with E-state index in [0.717, 1.165) is 17.0 Å². The van der Waals surface area contributed by atoms with Crippen LogP contribution in [0.3, 0.4) is 0 Å². The summed E-state index contributed by atoms with van der Waals surface area (Å²) >= 11 is 5.44. The number of thiocarbonyl (C=S) groups is 1. The Hall–Kier alpha value is -3.56. The summed E-state index contributed by atoms with van der Waals surface area (Å²) in [4.78, 5) is 27.9. The van der Waals surface area contributed by atoms with E-state index >= 15 is 0 Å². The molecule has 0 bridgehead atoms. The number of hydrogen-bond donors (Lipinski definition) is 0. The Morgan fingerprint density at radius 3 is 2.35 bits per heavy atom. The second-order valence-corrected chi connectivity index (χ2v) is 10.1. The zero-order valence-corrected chi connectivity index (χ0v) is 20.8. The van der Waals surface area contributed by atoms with Crippen LogP contribution in [0.25, 0.3) is 0 Å². The first kappa shape index (κ1) is 26.5. The van der Waals surface area contributed by atoms with E-state index in [-0.39, 0.29) is 34.1 Å². The van der Waals surface area contributed by atoms with Crippen LogP contribution < -0.4 is 9.80 Å². The van der Waals surface area contributed by atoms with Crippen molar-refractivity contribution >= 4 is 40.6 Å². The van der Waals surface area contributed by atoms with Gasteiger partial charge in [-0.1, -0.05) is 6.92 Å². The third-order valence-corrected chi connectivity index (χ3v) is 6.60. The van der Waals surface area contributed by atoms with Gasteiger partial charge in [0, 0.05) is 11.1 Å². The van der Waals surface area contributed by atoms with E-state index in [0.29, 0.717) is 19.3 Å². The molecule has 0 atom stereocenters. The molecule has 4 rings (SSSR count). The maximum absolute atomic E-state index is 15.0. The lowest BCUT2D eigenvalue weighted by Gasteiger charge is -2.37. The van der Waals surface area contributed by atoms with Gasteiger partial charge in [-0.05, 0) is 62.5 Å². The van der Waals surface area contributed by atoms with E-state index < -0.39 is 40.5 Å². The molecule has 0 aromatic heterocycles. The van der Waals surface area contributed by atoms with Crippen LogP contribution >= 0.6 is 12.2 Å². The fraction of sp³-hybridized carbons (Fsp3) is 0.360. The van der Waals surface area contributed by atoms with Crippen molar-refractivity contribution < 1.29 is 36.6 Å². The van der Waals surface area contributed by atoms with Gasteiger partial charge in [0.15, 0.2) is 5.11 Å². The van der Waals surface area contributed by atoms with Crippen molar-refractivity contribution in [3.05, 3.63) is 58.9 Å². The molecule has 0 aliphatic carbocycles. The molecule has 2 fully saturated rings. The molecule has 2 aromatic rings. The van der Waals surface area contributed by atoms with Crippen molar-refractivity contribution in [3.63, 3.8) is 0 Å². The van der Waals surface area contributed by atoms with Crippen molar-refractivity contribution in [3.8, 4) is 6.07 Å². The average Bonchev–Trinajstić information content (AvgIpc) is 2.98. The van der Waals surface area contributed by atoms with Crippen LogP contribution in [0.1, 0.15) is 42.3 Å². The quantitative estimate of drug-likeness (QED) is 0.308. The highest BCUT2D eigenvalue weighted by Crippen LogP contribution is 2.40. The third-order valence-electron chi connectivity index (χ3n) is 6.24.